The molecule has 2 aromatic carbocycles. The summed E-state index contributed by atoms with van der Waals surface area (Å²) in [5.74, 6) is -0.266. The molecule has 0 saturated heterocycles. The van der Waals surface area contributed by atoms with Crippen LogP contribution < -0.4 is 0 Å². The van der Waals surface area contributed by atoms with Crippen molar-refractivity contribution in [2.24, 2.45) is 0 Å². The van der Waals surface area contributed by atoms with E-state index in [1.54, 1.807) is 10.7 Å². The first kappa shape index (κ1) is 21.5. The van der Waals surface area contributed by atoms with Crippen LogP contribution in [0.1, 0.15) is 11.3 Å². The molecule has 4 rings (SSSR count). The summed E-state index contributed by atoms with van der Waals surface area (Å²) in [5.41, 5.74) is 3.02. The summed E-state index contributed by atoms with van der Waals surface area (Å²) in [7, 11) is -7.13. The molecule has 31 heavy (non-hydrogen) atoms. The van der Waals surface area contributed by atoms with Crippen LogP contribution in [0, 0.1) is 6.92 Å². The van der Waals surface area contributed by atoms with Gasteiger partial charge in [0.1, 0.15) is 5.69 Å². The minimum Gasteiger partial charge on any atom is -0.236 e. The number of benzene rings is 2. The van der Waals surface area contributed by atoms with E-state index in [4.69, 9.17) is 5.10 Å². The number of thiophene rings is 1. The van der Waals surface area contributed by atoms with Crippen LogP contribution in [-0.4, -0.2) is 32.9 Å². The highest BCUT2D eigenvalue weighted by molar-refractivity contribution is 7.91. The number of para-hydroxylation sites is 1. The van der Waals surface area contributed by atoms with Gasteiger partial charge in [-0.3, -0.25) is 0 Å². The number of rotatable bonds is 6. The van der Waals surface area contributed by atoms with Crippen molar-refractivity contribution in [2.45, 2.75) is 22.5 Å². The van der Waals surface area contributed by atoms with Gasteiger partial charge >= 0.3 is 0 Å². The highest BCUT2D eigenvalue weighted by Gasteiger charge is 2.22. The van der Waals surface area contributed by atoms with Gasteiger partial charge in [0.25, 0.3) is 0 Å². The molecule has 0 aliphatic carbocycles. The average molecular weight is 473 g/mol. The summed E-state index contributed by atoms with van der Waals surface area (Å²) in [6.07, 6.45) is 1.09. The lowest BCUT2D eigenvalue weighted by Crippen LogP contribution is -2.11. The van der Waals surface area contributed by atoms with Gasteiger partial charge < -0.3 is 0 Å². The van der Waals surface area contributed by atoms with E-state index in [1.165, 1.54) is 35.6 Å². The quantitative estimate of drug-likeness (QED) is 0.418. The van der Waals surface area contributed by atoms with Gasteiger partial charge in [0.05, 0.1) is 31.8 Å². The molecule has 0 aliphatic rings. The Morgan fingerprint density at radius 3 is 2.19 bits per heavy atom. The average Bonchev–Trinajstić information content (AvgIpc) is 3.38. The van der Waals surface area contributed by atoms with Crippen LogP contribution in [0.3, 0.4) is 0 Å². The Labute approximate surface area is 185 Å². The normalized spacial score (nSPS) is 12.2. The van der Waals surface area contributed by atoms with Crippen LogP contribution in [0.4, 0.5) is 0 Å². The summed E-state index contributed by atoms with van der Waals surface area (Å²) < 4.78 is 51.3. The number of aromatic nitrogens is 2. The third-order valence-electron chi connectivity index (χ3n) is 4.85. The molecule has 4 aromatic rings. The van der Waals surface area contributed by atoms with Crippen molar-refractivity contribution in [1.29, 1.82) is 0 Å². The first-order valence-electron chi connectivity index (χ1n) is 9.37. The number of hydrogen-bond donors (Lipinski definition) is 0. The van der Waals surface area contributed by atoms with Crippen LogP contribution in [0.2, 0.25) is 0 Å². The van der Waals surface area contributed by atoms with Crippen LogP contribution in [-0.2, 0) is 25.4 Å². The minimum atomic E-state index is -3.73. The SMILES string of the molecule is Cc1ccccc1-n1nc(-c2cccs2)cc1CS(=O)(=O)c1ccc(S(C)(=O)=O)cc1. The van der Waals surface area contributed by atoms with Crippen LogP contribution in [0.15, 0.2) is 81.9 Å². The molecule has 0 aliphatic heterocycles. The lowest BCUT2D eigenvalue weighted by molar-refractivity contribution is 0.592. The maximum absolute atomic E-state index is 13.1. The second-order valence-electron chi connectivity index (χ2n) is 7.20. The van der Waals surface area contributed by atoms with Crippen molar-refractivity contribution in [1.82, 2.24) is 9.78 Å². The third-order valence-corrected chi connectivity index (χ3v) is 8.54. The Kier molecular flexibility index (Phi) is 5.59. The van der Waals surface area contributed by atoms with Gasteiger partial charge in [-0.2, -0.15) is 5.10 Å². The third kappa shape index (κ3) is 4.48. The molecular formula is C22H20N2O4S3. The molecule has 0 amide bonds. The Hall–Kier alpha value is -2.75. The van der Waals surface area contributed by atoms with E-state index >= 15 is 0 Å². The summed E-state index contributed by atoms with van der Waals surface area (Å²) >= 11 is 1.53. The molecule has 0 N–H and O–H groups in total. The van der Waals surface area contributed by atoms with Crippen molar-refractivity contribution in [3.8, 4) is 16.3 Å². The zero-order valence-corrected chi connectivity index (χ0v) is 19.3. The van der Waals surface area contributed by atoms with E-state index < -0.39 is 19.7 Å². The highest BCUT2D eigenvalue weighted by atomic mass is 32.2. The first-order valence-corrected chi connectivity index (χ1v) is 13.8. The molecule has 0 radical (unpaired) electrons. The van der Waals surface area contributed by atoms with E-state index in [2.05, 4.69) is 0 Å². The molecule has 0 fully saturated rings. The van der Waals surface area contributed by atoms with Gasteiger partial charge in [-0.05, 0) is 60.3 Å². The van der Waals surface area contributed by atoms with Gasteiger partial charge in [0, 0.05) is 6.26 Å². The van der Waals surface area contributed by atoms with Crippen molar-refractivity contribution < 1.29 is 16.8 Å². The molecular weight excluding hydrogens is 452 g/mol. The molecule has 2 aromatic heterocycles. The fourth-order valence-corrected chi connectivity index (χ4v) is 5.87. The fraction of sp³-hybridized carbons (Fsp3) is 0.136. The standard InChI is InChI=1S/C22H20N2O4S3/c1-16-6-3-4-7-21(16)24-17(14-20(23-24)22-8-5-13-29-22)15-31(27,28)19-11-9-18(10-12-19)30(2,25)26/h3-14H,15H2,1-2H3. The minimum absolute atomic E-state index is 0.0649. The maximum atomic E-state index is 13.1. The molecule has 0 bridgehead atoms. The van der Waals surface area contributed by atoms with E-state index in [9.17, 15) is 16.8 Å². The summed E-state index contributed by atoms with van der Waals surface area (Å²) in [4.78, 5) is 1.09. The predicted molar refractivity (Wildman–Crippen MR) is 122 cm³/mol. The zero-order chi connectivity index (χ0) is 22.2. The Bertz CT molecular complexity index is 1430. The van der Waals surface area contributed by atoms with Gasteiger partial charge in [-0.1, -0.05) is 24.3 Å². The van der Waals surface area contributed by atoms with Gasteiger partial charge in [-0.15, -0.1) is 11.3 Å². The molecule has 0 spiro atoms. The number of hydrogen-bond acceptors (Lipinski definition) is 6. The predicted octanol–water partition coefficient (Wildman–Crippen LogP) is 4.29. The lowest BCUT2D eigenvalue weighted by Gasteiger charge is -2.11. The van der Waals surface area contributed by atoms with Crippen molar-refractivity contribution >= 4 is 31.0 Å². The summed E-state index contributed by atoms with van der Waals surface area (Å²) in [5, 5.41) is 6.64. The van der Waals surface area contributed by atoms with Crippen LogP contribution >= 0.6 is 11.3 Å². The molecule has 2 heterocycles. The van der Waals surface area contributed by atoms with Crippen LogP contribution in [0.5, 0.6) is 0 Å². The van der Waals surface area contributed by atoms with Crippen LogP contribution in [0.25, 0.3) is 16.3 Å². The Balaban J connectivity index is 1.77. The number of sulfone groups is 2. The Morgan fingerprint density at radius 2 is 1.58 bits per heavy atom. The second-order valence-corrected chi connectivity index (χ2v) is 12.2. The Morgan fingerprint density at radius 1 is 0.903 bits per heavy atom. The largest absolute Gasteiger partial charge is 0.236 e. The molecule has 0 unspecified atom stereocenters. The molecule has 9 heteroatoms. The molecule has 0 atom stereocenters. The monoisotopic (exact) mass is 472 g/mol. The second kappa shape index (κ2) is 8.07. The summed E-state index contributed by atoms with van der Waals surface area (Å²) in [6, 6.07) is 18.6. The van der Waals surface area contributed by atoms with E-state index in [1.807, 2.05) is 48.7 Å². The molecule has 160 valence electrons. The van der Waals surface area contributed by atoms with Gasteiger partial charge in [-0.25, -0.2) is 21.5 Å². The number of nitrogens with zero attached hydrogens (tertiary/aromatic N) is 2. The summed E-state index contributed by atoms with van der Waals surface area (Å²) in [6.45, 7) is 1.95. The van der Waals surface area contributed by atoms with Gasteiger partial charge in [0.2, 0.25) is 0 Å². The van der Waals surface area contributed by atoms with Gasteiger partial charge in [0.15, 0.2) is 19.7 Å². The molecule has 0 saturated carbocycles. The van der Waals surface area contributed by atoms with E-state index in [0.717, 1.165) is 22.4 Å². The van der Waals surface area contributed by atoms with Crippen molar-refractivity contribution in [2.75, 3.05) is 6.26 Å². The maximum Gasteiger partial charge on any atom is 0.184 e. The van der Waals surface area contributed by atoms with Crippen molar-refractivity contribution in [3.63, 3.8) is 0 Å². The lowest BCUT2D eigenvalue weighted by atomic mass is 10.2. The smallest absolute Gasteiger partial charge is 0.184 e. The highest BCUT2D eigenvalue weighted by Crippen LogP contribution is 2.28. The zero-order valence-electron chi connectivity index (χ0n) is 16.9. The van der Waals surface area contributed by atoms with E-state index in [-0.39, 0.29) is 15.5 Å². The van der Waals surface area contributed by atoms with Crippen molar-refractivity contribution in [3.05, 3.63) is 83.4 Å². The van der Waals surface area contributed by atoms with E-state index in [0.29, 0.717) is 11.4 Å². The number of aryl methyl sites for hydroxylation is 1. The topological polar surface area (TPSA) is 86.1 Å². The fourth-order valence-electron chi connectivity index (χ4n) is 3.25. The first-order chi connectivity index (χ1) is 14.6. The molecule has 6 nitrogen and oxygen atoms in total.